The van der Waals surface area contributed by atoms with Gasteiger partial charge in [0.15, 0.2) is 12.4 Å². The van der Waals surface area contributed by atoms with Gasteiger partial charge in [-0.3, -0.25) is 0 Å². The van der Waals surface area contributed by atoms with Gasteiger partial charge in [0.05, 0.1) is 10.5 Å². The molecule has 9 heteroatoms. The SMILES string of the molecule is Cc1noc(COC(=O)c2ccc(S(=O)(=O)N3CCCCCC3)cc2)n1. The lowest BCUT2D eigenvalue weighted by molar-refractivity contribution is 0.0429. The number of carbonyl (C=O) groups excluding carboxylic acids is 1. The summed E-state index contributed by atoms with van der Waals surface area (Å²) in [5.74, 6) is 0.0786. The molecule has 1 aromatic carbocycles. The van der Waals surface area contributed by atoms with Crippen LogP contribution in [0.1, 0.15) is 47.8 Å². The van der Waals surface area contributed by atoms with Crippen LogP contribution in [-0.4, -0.2) is 41.9 Å². The minimum absolute atomic E-state index is 0.131. The van der Waals surface area contributed by atoms with Crippen molar-refractivity contribution in [3.05, 3.63) is 41.5 Å². The summed E-state index contributed by atoms with van der Waals surface area (Å²) in [5.41, 5.74) is 0.260. The summed E-state index contributed by atoms with van der Waals surface area (Å²) >= 11 is 0. The Balaban J connectivity index is 1.66. The summed E-state index contributed by atoms with van der Waals surface area (Å²) in [6.45, 7) is 2.61. The Hall–Kier alpha value is -2.26. The van der Waals surface area contributed by atoms with Gasteiger partial charge in [0.25, 0.3) is 5.89 Å². The van der Waals surface area contributed by atoms with Crippen LogP contribution in [0.4, 0.5) is 0 Å². The van der Waals surface area contributed by atoms with Gasteiger partial charge in [0, 0.05) is 13.1 Å². The van der Waals surface area contributed by atoms with Crippen LogP contribution in [0.15, 0.2) is 33.7 Å². The first-order chi connectivity index (χ1) is 12.5. The van der Waals surface area contributed by atoms with Crippen LogP contribution in [0.3, 0.4) is 0 Å². The summed E-state index contributed by atoms with van der Waals surface area (Å²) in [4.78, 5) is 16.2. The maximum absolute atomic E-state index is 12.7. The molecule has 1 fully saturated rings. The zero-order chi connectivity index (χ0) is 18.6. The van der Waals surface area contributed by atoms with E-state index in [1.54, 1.807) is 6.92 Å². The summed E-state index contributed by atoms with van der Waals surface area (Å²) < 4.78 is 36.9. The van der Waals surface area contributed by atoms with E-state index in [-0.39, 0.29) is 23.0 Å². The standard InChI is InChI=1S/C17H21N3O5S/c1-13-18-16(25-19-13)12-24-17(21)14-6-8-15(9-7-14)26(22,23)20-10-4-2-3-5-11-20/h6-9H,2-5,10-12H2,1H3. The van der Waals surface area contributed by atoms with Gasteiger partial charge in [-0.05, 0) is 44.0 Å². The number of benzene rings is 1. The van der Waals surface area contributed by atoms with Crippen molar-refractivity contribution in [1.29, 1.82) is 0 Å². The molecular formula is C17H21N3O5S. The number of hydrogen-bond donors (Lipinski definition) is 0. The highest BCUT2D eigenvalue weighted by Crippen LogP contribution is 2.21. The van der Waals surface area contributed by atoms with Crippen LogP contribution in [-0.2, 0) is 21.4 Å². The zero-order valence-electron chi connectivity index (χ0n) is 14.6. The fourth-order valence-corrected chi connectivity index (χ4v) is 4.32. The third kappa shape index (κ3) is 4.28. The van der Waals surface area contributed by atoms with E-state index in [4.69, 9.17) is 9.26 Å². The lowest BCUT2D eigenvalue weighted by Gasteiger charge is -2.19. The van der Waals surface area contributed by atoms with E-state index in [0.717, 1.165) is 25.7 Å². The summed E-state index contributed by atoms with van der Waals surface area (Å²) in [5, 5.41) is 3.61. The second kappa shape index (κ2) is 7.96. The Morgan fingerprint density at radius 2 is 1.81 bits per heavy atom. The molecule has 0 bridgehead atoms. The Kier molecular flexibility index (Phi) is 5.67. The molecule has 1 aliphatic heterocycles. The Morgan fingerprint density at radius 3 is 2.38 bits per heavy atom. The van der Waals surface area contributed by atoms with Crippen molar-refractivity contribution in [2.24, 2.45) is 0 Å². The number of esters is 1. The molecule has 140 valence electrons. The van der Waals surface area contributed by atoms with E-state index in [1.165, 1.54) is 28.6 Å². The molecule has 2 aromatic rings. The molecule has 8 nitrogen and oxygen atoms in total. The number of rotatable bonds is 5. The topological polar surface area (TPSA) is 103 Å². The minimum Gasteiger partial charge on any atom is -0.452 e. The molecule has 0 N–H and O–H groups in total. The number of aryl methyl sites for hydroxylation is 1. The van der Waals surface area contributed by atoms with E-state index >= 15 is 0 Å². The van der Waals surface area contributed by atoms with Crippen molar-refractivity contribution >= 4 is 16.0 Å². The fraction of sp³-hybridized carbons (Fsp3) is 0.471. The molecule has 0 saturated carbocycles. The summed E-state index contributed by atoms with van der Waals surface area (Å²) in [6.07, 6.45) is 3.85. The van der Waals surface area contributed by atoms with Gasteiger partial charge in [-0.1, -0.05) is 18.0 Å². The first-order valence-electron chi connectivity index (χ1n) is 8.53. The third-order valence-electron chi connectivity index (χ3n) is 4.19. The second-order valence-electron chi connectivity index (χ2n) is 6.15. The van der Waals surface area contributed by atoms with E-state index in [0.29, 0.717) is 18.9 Å². The highest BCUT2D eigenvalue weighted by molar-refractivity contribution is 7.89. The summed E-state index contributed by atoms with van der Waals surface area (Å²) in [6, 6.07) is 5.78. The van der Waals surface area contributed by atoms with Crippen molar-refractivity contribution in [3.63, 3.8) is 0 Å². The van der Waals surface area contributed by atoms with Crippen LogP contribution < -0.4 is 0 Å². The molecule has 0 aliphatic carbocycles. The van der Waals surface area contributed by atoms with Gasteiger partial charge in [0.1, 0.15) is 0 Å². The summed E-state index contributed by atoms with van der Waals surface area (Å²) in [7, 11) is -3.53. The Bertz CT molecular complexity index is 853. The third-order valence-corrected chi connectivity index (χ3v) is 6.10. The number of carbonyl (C=O) groups is 1. The van der Waals surface area contributed by atoms with E-state index in [9.17, 15) is 13.2 Å². The van der Waals surface area contributed by atoms with Crippen LogP contribution in [0.5, 0.6) is 0 Å². The van der Waals surface area contributed by atoms with Crippen LogP contribution in [0.25, 0.3) is 0 Å². The molecule has 26 heavy (non-hydrogen) atoms. The lowest BCUT2D eigenvalue weighted by atomic mass is 10.2. The normalized spacial score (nSPS) is 16.2. The molecule has 0 spiro atoms. The van der Waals surface area contributed by atoms with Gasteiger partial charge in [-0.25, -0.2) is 13.2 Å². The lowest BCUT2D eigenvalue weighted by Crippen LogP contribution is -2.31. The maximum Gasteiger partial charge on any atom is 0.338 e. The Morgan fingerprint density at radius 1 is 1.15 bits per heavy atom. The highest BCUT2D eigenvalue weighted by atomic mass is 32.2. The van der Waals surface area contributed by atoms with Crippen molar-refractivity contribution in [1.82, 2.24) is 14.4 Å². The average Bonchev–Trinajstić information content (AvgIpc) is 2.87. The van der Waals surface area contributed by atoms with Gasteiger partial charge >= 0.3 is 5.97 Å². The van der Waals surface area contributed by atoms with Crippen LogP contribution in [0, 0.1) is 6.92 Å². The Labute approximate surface area is 152 Å². The molecule has 2 heterocycles. The molecule has 1 aromatic heterocycles. The van der Waals surface area contributed by atoms with Crippen LogP contribution >= 0.6 is 0 Å². The minimum atomic E-state index is -3.53. The molecule has 1 aliphatic rings. The van der Waals surface area contributed by atoms with Gasteiger partial charge < -0.3 is 9.26 Å². The van der Waals surface area contributed by atoms with E-state index in [1.807, 2.05) is 0 Å². The largest absolute Gasteiger partial charge is 0.452 e. The van der Waals surface area contributed by atoms with Gasteiger partial charge in [0.2, 0.25) is 10.0 Å². The predicted octanol–water partition coefficient (Wildman–Crippen LogP) is 2.30. The second-order valence-corrected chi connectivity index (χ2v) is 8.09. The molecule has 1 saturated heterocycles. The van der Waals surface area contributed by atoms with E-state index in [2.05, 4.69) is 10.1 Å². The highest BCUT2D eigenvalue weighted by Gasteiger charge is 2.25. The fourth-order valence-electron chi connectivity index (χ4n) is 2.80. The molecule has 0 unspecified atom stereocenters. The van der Waals surface area contributed by atoms with Crippen molar-refractivity contribution in [3.8, 4) is 0 Å². The number of nitrogens with zero attached hydrogens (tertiary/aromatic N) is 3. The smallest absolute Gasteiger partial charge is 0.338 e. The van der Waals surface area contributed by atoms with Crippen LogP contribution in [0.2, 0.25) is 0 Å². The number of sulfonamides is 1. The maximum atomic E-state index is 12.7. The first kappa shape index (κ1) is 18.5. The number of ether oxygens (including phenoxy) is 1. The van der Waals surface area contributed by atoms with Crippen molar-refractivity contribution in [2.45, 2.75) is 44.1 Å². The molecule has 3 rings (SSSR count). The molecule has 0 atom stereocenters. The molecule has 0 amide bonds. The number of aromatic nitrogens is 2. The van der Waals surface area contributed by atoms with Crippen molar-refractivity contribution in [2.75, 3.05) is 13.1 Å². The van der Waals surface area contributed by atoms with Gasteiger partial charge in [-0.15, -0.1) is 0 Å². The van der Waals surface area contributed by atoms with E-state index < -0.39 is 16.0 Å². The first-order valence-corrected chi connectivity index (χ1v) is 9.97. The van der Waals surface area contributed by atoms with Gasteiger partial charge in [-0.2, -0.15) is 9.29 Å². The van der Waals surface area contributed by atoms with Crippen molar-refractivity contribution < 1.29 is 22.5 Å². The molecule has 0 radical (unpaired) electrons. The monoisotopic (exact) mass is 379 g/mol. The predicted molar refractivity (Wildman–Crippen MR) is 91.8 cm³/mol. The quantitative estimate of drug-likeness (QED) is 0.734. The zero-order valence-corrected chi connectivity index (χ0v) is 15.4. The number of hydrogen-bond acceptors (Lipinski definition) is 7. The molecular weight excluding hydrogens is 358 g/mol. The average molecular weight is 379 g/mol.